The molecule has 17 heavy (non-hydrogen) atoms. The Labute approximate surface area is 106 Å². The van der Waals surface area contributed by atoms with Crippen LogP contribution in [-0.2, 0) is 0 Å². The minimum absolute atomic E-state index is 0. The molecule has 0 aliphatic carbocycles. The number of hydrogen-bond donors (Lipinski definition) is 1. The SMILES string of the molecule is Cl.O=[N+]([O-])c1cccc(OCC2CCCN2)c1. The molecule has 1 aliphatic heterocycles. The summed E-state index contributed by atoms with van der Waals surface area (Å²) < 4.78 is 5.51. The standard InChI is InChI=1S/C11H14N2O3.ClH/c14-13(15)10-4-1-5-11(7-10)16-8-9-3-2-6-12-9;/h1,4-5,7,9,12H,2-3,6,8H2;1H. The summed E-state index contributed by atoms with van der Waals surface area (Å²) in [5, 5.41) is 13.9. The number of rotatable bonds is 4. The van der Waals surface area contributed by atoms with Crippen molar-refractivity contribution in [2.75, 3.05) is 13.2 Å². The van der Waals surface area contributed by atoms with Gasteiger partial charge in [0.25, 0.3) is 5.69 Å². The fourth-order valence-electron chi connectivity index (χ4n) is 1.78. The quantitative estimate of drug-likeness (QED) is 0.664. The molecule has 5 nitrogen and oxygen atoms in total. The molecule has 94 valence electrons. The molecule has 1 saturated heterocycles. The zero-order valence-corrected chi connectivity index (χ0v) is 10.1. The maximum Gasteiger partial charge on any atom is 0.273 e. The Hall–Kier alpha value is -1.33. The normalized spacial score (nSPS) is 18.5. The van der Waals surface area contributed by atoms with Crippen molar-refractivity contribution in [3.05, 3.63) is 34.4 Å². The van der Waals surface area contributed by atoms with Gasteiger partial charge in [-0.1, -0.05) is 6.07 Å². The lowest BCUT2D eigenvalue weighted by atomic mass is 10.2. The number of non-ortho nitro benzene ring substituents is 1. The van der Waals surface area contributed by atoms with Crippen LogP contribution in [0.15, 0.2) is 24.3 Å². The lowest BCUT2D eigenvalue weighted by molar-refractivity contribution is -0.384. The van der Waals surface area contributed by atoms with Crippen molar-refractivity contribution >= 4 is 18.1 Å². The topological polar surface area (TPSA) is 64.4 Å². The molecule has 2 rings (SSSR count). The van der Waals surface area contributed by atoms with E-state index in [1.54, 1.807) is 12.1 Å². The third kappa shape index (κ3) is 3.87. The molecule has 0 radical (unpaired) electrons. The highest BCUT2D eigenvalue weighted by Crippen LogP contribution is 2.19. The summed E-state index contributed by atoms with van der Waals surface area (Å²) in [5.41, 5.74) is 0.0666. The molecule has 0 amide bonds. The van der Waals surface area contributed by atoms with Gasteiger partial charge in [-0.25, -0.2) is 0 Å². The van der Waals surface area contributed by atoms with Crippen LogP contribution in [-0.4, -0.2) is 24.1 Å². The van der Waals surface area contributed by atoms with E-state index in [0.717, 1.165) is 13.0 Å². The Kier molecular flexibility index (Phi) is 5.18. The lowest BCUT2D eigenvalue weighted by Gasteiger charge is -2.11. The van der Waals surface area contributed by atoms with Crippen LogP contribution in [0, 0.1) is 10.1 Å². The summed E-state index contributed by atoms with van der Waals surface area (Å²) in [6, 6.07) is 6.66. The van der Waals surface area contributed by atoms with Crippen molar-refractivity contribution in [1.82, 2.24) is 5.32 Å². The van der Waals surface area contributed by atoms with Crippen LogP contribution < -0.4 is 10.1 Å². The van der Waals surface area contributed by atoms with E-state index in [1.165, 1.54) is 18.6 Å². The minimum Gasteiger partial charge on any atom is -0.492 e. The Balaban J connectivity index is 0.00000144. The number of nitro benzene ring substituents is 1. The van der Waals surface area contributed by atoms with Crippen LogP contribution in [0.25, 0.3) is 0 Å². The van der Waals surface area contributed by atoms with E-state index in [1.807, 2.05) is 0 Å². The highest BCUT2D eigenvalue weighted by molar-refractivity contribution is 5.85. The molecule has 0 spiro atoms. The van der Waals surface area contributed by atoms with Crippen LogP contribution in [0.3, 0.4) is 0 Å². The third-order valence-corrected chi connectivity index (χ3v) is 2.64. The van der Waals surface area contributed by atoms with Crippen LogP contribution in [0.4, 0.5) is 5.69 Å². The van der Waals surface area contributed by atoms with Crippen molar-refractivity contribution in [2.45, 2.75) is 18.9 Å². The summed E-state index contributed by atoms with van der Waals surface area (Å²) in [5.74, 6) is 0.558. The largest absolute Gasteiger partial charge is 0.492 e. The molecule has 0 bridgehead atoms. The molecule has 1 atom stereocenters. The average molecular weight is 259 g/mol. The second-order valence-electron chi connectivity index (χ2n) is 3.86. The zero-order valence-electron chi connectivity index (χ0n) is 9.30. The summed E-state index contributed by atoms with van der Waals surface area (Å²) in [6.07, 6.45) is 2.28. The number of nitrogens with zero attached hydrogens (tertiary/aromatic N) is 1. The fourth-order valence-corrected chi connectivity index (χ4v) is 1.78. The first kappa shape index (κ1) is 13.7. The summed E-state index contributed by atoms with van der Waals surface area (Å²) in [4.78, 5) is 10.1. The maximum atomic E-state index is 10.6. The molecule has 0 aromatic heterocycles. The first-order valence-corrected chi connectivity index (χ1v) is 5.36. The maximum absolute atomic E-state index is 10.6. The lowest BCUT2D eigenvalue weighted by Crippen LogP contribution is -2.28. The molecule has 1 N–H and O–H groups in total. The van der Waals surface area contributed by atoms with E-state index < -0.39 is 4.92 Å². The predicted molar refractivity (Wildman–Crippen MR) is 66.9 cm³/mol. The number of ether oxygens (including phenoxy) is 1. The van der Waals surface area contributed by atoms with Crippen LogP contribution in [0.1, 0.15) is 12.8 Å². The molecule has 1 aromatic rings. The molecule has 0 saturated carbocycles. The van der Waals surface area contributed by atoms with Gasteiger partial charge in [0, 0.05) is 12.1 Å². The van der Waals surface area contributed by atoms with Gasteiger partial charge >= 0.3 is 0 Å². The smallest absolute Gasteiger partial charge is 0.273 e. The number of benzene rings is 1. The van der Waals surface area contributed by atoms with Gasteiger partial charge in [0.15, 0.2) is 0 Å². The van der Waals surface area contributed by atoms with E-state index >= 15 is 0 Å². The van der Waals surface area contributed by atoms with Gasteiger partial charge in [-0.15, -0.1) is 12.4 Å². The molecule has 6 heteroatoms. The van der Waals surface area contributed by atoms with Gasteiger partial charge in [-0.05, 0) is 25.5 Å². The van der Waals surface area contributed by atoms with Crippen molar-refractivity contribution in [2.24, 2.45) is 0 Å². The van der Waals surface area contributed by atoms with E-state index in [-0.39, 0.29) is 18.1 Å². The Morgan fingerprint density at radius 1 is 1.53 bits per heavy atom. The molecule has 1 heterocycles. The molecular formula is C11H15ClN2O3. The molecule has 1 aliphatic rings. The highest BCUT2D eigenvalue weighted by Gasteiger charge is 2.15. The Bertz CT molecular complexity index is 381. The third-order valence-electron chi connectivity index (χ3n) is 2.64. The zero-order chi connectivity index (χ0) is 11.4. The van der Waals surface area contributed by atoms with E-state index in [4.69, 9.17) is 4.74 Å². The Morgan fingerprint density at radius 2 is 2.35 bits per heavy atom. The van der Waals surface area contributed by atoms with Gasteiger partial charge in [-0.2, -0.15) is 0 Å². The van der Waals surface area contributed by atoms with Crippen LogP contribution >= 0.6 is 12.4 Å². The summed E-state index contributed by atoms with van der Waals surface area (Å²) >= 11 is 0. The van der Waals surface area contributed by atoms with E-state index in [2.05, 4.69) is 5.32 Å². The van der Waals surface area contributed by atoms with Gasteiger partial charge in [-0.3, -0.25) is 10.1 Å². The highest BCUT2D eigenvalue weighted by atomic mass is 35.5. The van der Waals surface area contributed by atoms with Gasteiger partial charge in [0.1, 0.15) is 12.4 Å². The van der Waals surface area contributed by atoms with Crippen LogP contribution in [0.2, 0.25) is 0 Å². The van der Waals surface area contributed by atoms with Crippen molar-refractivity contribution in [1.29, 1.82) is 0 Å². The number of nitrogens with one attached hydrogen (secondary N) is 1. The van der Waals surface area contributed by atoms with Gasteiger partial charge < -0.3 is 10.1 Å². The van der Waals surface area contributed by atoms with Crippen molar-refractivity contribution in [3.8, 4) is 5.75 Å². The Morgan fingerprint density at radius 3 is 3.00 bits per heavy atom. The molecular weight excluding hydrogens is 244 g/mol. The molecule has 1 unspecified atom stereocenters. The summed E-state index contributed by atoms with van der Waals surface area (Å²) in [7, 11) is 0. The molecule has 1 fully saturated rings. The molecule has 1 aromatic carbocycles. The first-order chi connectivity index (χ1) is 7.75. The van der Waals surface area contributed by atoms with Gasteiger partial charge in [0.05, 0.1) is 11.0 Å². The average Bonchev–Trinajstić information content (AvgIpc) is 2.79. The number of nitro groups is 1. The van der Waals surface area contributed by atoms with Crippen molar-refractivity contribution < 1.29 is 9.66 Å². The fraction of sp³-hybridized carbons (Fsp3) is 0.455. The second-order valence-corrected chi connectivity index (χ2v) is 3.86. The number of hydrogen-bond acceptors (Lipinski definition) is 4. The monoisotopic (exact) mass is 258 g/mol. The minimum atomic E-state index is -0.416. The number of halogens is 1. The first-order valence-electron chi connectivity index (χ1n) is 5.36. The summed E-state index contributed by atoms with van der Waals surface area (Å²) in [6.45, 7) is 1.60. The second kappa shape index (κ2) is 6.42. The van der Waals surface area contributed by atoms with Gasteiger partial charge in [0.2, 0.25) is 0 Å². The predicted octanol–water partition coefficient (Wildman–Crippen LogP) is 2.15. The van der Waals surface area contributed by atoms with E-state index in [9.17, 15) is 10.1 Å². The van der Waals surface area contributed by atoms with E-state index in [0.29, 0.717) is 18.4 Å². The van der Waals surface area contributed by atoms with Crippen LogP contribution in [0.5, 0.6) is 5.75 Å². The van der Waals surface area contributed by atoms with Crippen molar-refractivity contribution in [3.63, 3.8) is 0 Å².